The van der Waals surface area contributed by atoms with Gasteiger partial charge in [-0.05, 0) is 0 Å². The zero-order chi connectivity index (χ0) is 22.3. The summed E-state index contributed by atoms with van der Waals surface area (Å²) in [6, 6.07) is 27.9. The van der Waals surface area contributed by atoms with Crippen LogP contribution < -0.4 is 24.8 Å². The molecule has 3 unspecified atom stereocenters. The standard InChI is InChI=1S/C32H28.2ClH.Zr/c1-4-22(30-21(3)18-26-16-14-24-10-6-8-12-28(24)32(26)30)19-29-20(2)17-25-15-13-23-9-5-7-11-27(23)31(25)29;;;/h5-18,22H,4,19H2,1-3H3;2*1H;/q;;;+2/p-2. The summed E-state index contributed by atoms with van der Waals surface area (Å²) in [5.41, 5.74) is 13.3. The van der Waals surface area contributed by atoms with Crippen LogP contribution in [0.2, 0.25) is 0 Å². The first kappa shape index (κ1) is 25.0. The van der Waals surface area contributed by atoms with E-state index in [4.69, 9.17) is 0 Å². The van der Waals surface area contributed by atoms with Crippen molar-refractivity contribution in [1.29, 1.82) is 0 Å². The number of hydrogen-bond acceptors (Lipinski definition) is 0. The summed E-state index contributed by atoms with van der Waals surface area (Å²) >= 11 is -0.818. The van der Waals surface area contributed by atoms with E-state index in [0.29, 0.717) is 13.2 Å². The summed E-state index contributed by atoms with van der Waals surface area (Å²) in [6.45, 7) is 7.37. The van der Waals surface area contributed by atoms with Crippen LogP contribution >= 0.6 is 0 Å². The largest absolute Gasteiger partial charge is 1.00 e. The van der Waals surface area contributed by atoms with Crippen molar-refractivity contribution >= 4 is 32.7 Å². The number of allylic oxidation sites excluding steroid dienone is 4. The summed E-state index contributed by atoms with van der Waals surface area (Å²) in [7, 11) is 0. The second-order valence-electron chi connectivity index (χ2n) is 10.1. The van der Waals surface area contributed by atoms with Crippen LogP contribution in [0.25, 0.3) is 32.7 Å². The van der Waals surface area contributed by atoms with Gasteiger partial charge < -0.3 is 24.8 Å². The molecule has 0 saturated heterocycles. The molecule has 3 heteroatoms. The third kappa shape index (κ3) is 3.49. The van der Waals surface area contributed by atoms with E-state index in [0.717, 1.165) is 0 Å². The van der Waals surface area contributed by atoms with Crippen LogP contribution in [0.1, 0.15) is 63.1 Å². The molecule has 0 saturated carbocycles. The molecule has 3 aliphatic rings. The average Bonchev–Trinajstić information content (AvgIpc) is 3.29. The maximum absolute atomic E-state index is 2.49. The van der Waals surface area contributed by atoms with Gasteiger partial charge in [0.1, 0.15) is 0 Å². The average molecular weight is 575 g/mol. The molecular weight excluding hydrogens is 546 g/mol. The Morgan fingerprint density at radius 2 is 1.23 bits per heavy atom. The number of fused-ring (bicyclic) bond motifs is 12. The third-order valence-electron chi connectivity index (χ3n) is 8.57. The van der Waals surface area contributed by atoms with Crippen LogP contribution in [0.5, 0.6) is 0 Å². The maximum Gasteiger partial charge on any atom is -1.00 e. The van der Waals surface area contributed by atoms with Gasteiger partial charge in [0.2, 0.25) is 0 Å². The fourth-order valence-corrected chi connectivity index (χ4v) is 11.9. The van der Waals surface area contributed by atoms with Gasteiger partial charge in [-0.3, -0.25) is 0 Å². The quantitative estimate of drug-likeness (QED) is 0.328. The van der Waals surface area contributed by atoms with Gasteiger partial charge in [0.25, 0.3) is 0 Å². The molecule has 0 radical (unpaired) electrons. The minimum absolute atomic E-state index is 0. The summed E-state index contributed by atoms with van der Waals surface area (Å²) in [6.07, 6.45) is 2.38. The van der Waals surface area contributed by atoms with Gasteiger partial charge in [-0.2, -0.15) is 0 Å². The van der Waals surface area contributed by atoms with Crippen molar-refractivity contribution in [3.05, 3.63) is 106 Å². The molecule has 2 aliphatic carbocycles. The van der Waals surface area contributed by atoms with Crippen LogP contribution in [-0.4, -0.2) is 0 Å². The molecule has 0 amide bonds. The van der Waals surface area contributed by atoms with Gasteiger partial charge in [-0.25, -0.2) is 0 Å². The number of hydrogen-bond donors (Lipinski definition) is 0. The molecule has 1 aliphatic heterocycles. The Kier molecular flexibility index (Phi) is 6.67. The van der Waals surface area contributed by atoms with Crippen LogP contribution in [0.3, 0.4) is 0 Å². The van der Waals surface area contributed by atoms with E-state index < -0.39 is 23.2 Å². The number of rotatable bonds is 1. The van der Waals surface area contributed by atoms with Gasteiger partial charge in [0.15, 0.2) is 0 Å². The van der Waals surface area contributed by atoms with Gasteiger partial charge in [-0.15, -0.1) is 0 Å². The van der Waals surface area contributed by atoms with Crippen LogP contribution in [0.15, 0.2) is 83.9 Å². The second-order valence-corrected chi connectivity index (χ2v) is 13.8. The smallest absolute Gasteiger partial charge is 1.00 e. The molecule has 0 nitrogen and oxygen atoms in total. The molecule has 174 valence electrons. The van der Waals surface area contributed by atoms with E-state index in [1.54, 1.807) is 44.5 Å². The van der Waals surface area contributed by atoms with E-state index >= 15 is 0 Å². The molecule has 3 atom stereocenters. The Bertz CT molecular complexity index is 1540. The molecule has 0 fully saturated rings. The summed E-state index contributed by atoms with van der Waals surface area (Å²) in [5.74, 6) is 0.590. The first-order chi connectivity index (χ1) is 16.2. The SMILES string of the molecule is CCC1CC2=C(C)[CH]([Zr+2][CH]3C(C)=C1c1c3ccc3ccccc13)c1ccc3ccccc3c12.[Cl-].[Cl-]. The summed E-state index contributed by atoms with van der Waals surface area (Å²) in [4.78, 5) is 0. The molecule has 0 N–H and O–H groups in total. The normalized spacial score (nSPS) is 21.7. The van der Waals surface area contributed by atoms with Crippen molar-refractivity contribution in [2.45, 2.75) is 40.9 Å². The van der Waals surface area contributed by atoms with Gasteiger partial charge >= 0.3 is 209 Å². The predicted octanol–water partition coefficient (Wildman–Crippen LogP) is 2.87. The fraction of sp³-hybridized carbons (Fsp3) is 0.250. The van der Waals surface area contributed by atoms with E-state index in [9.17, 15) is 0 Å². The fourth-order valence-electron chi connectivity index (χ4n) is 6.97. The molecule has 7 rings (SSSR count). The Morgan fingerprint density at radius 1 is 0.686 bits per heavy atom. The maximum atomic E-state index is 2.49. The minimum Gasteiger partial charge on any atom is -1.00 e. The Morgan fingerprint density at radius 3 is 1.86 bits per heavy atom. The minimum atomic E-state index is -0.818. The van der Waals surface area contributed by atoms with Crippen molar-refractivity contribution in [2.24, 2.45) is 5.92 Å². The summed E-state index contributed by atoms with van der Waals surface area (Å²) < 4.78 is 1.38. The zero-order valence-corrected chi connectivity index (χ0v) is 24.3. The van der Waals surface area contributed by atoms with Gasteiger partial charge in [0.05, 0.1) is 0 Å². The van der Waals surface area contributed by atoms with E-state index in [2.05, 4.69) is 93.6 Å². The Hall–Kier alpha value is -1.66. The zero-order valence-electron chi connectivity index (χ0n) is 20.3. The second kappa shape index (κ2) is 9.33. The Labute approximate surface area is 232 Å². The molecule has 4 aromatic carbocycles. The Balaban J connectivity index is 0.00000127. The summed E-state index contributed by atoms with van der Waals surface area (Å²) in [5, 5.41) is 5.74. The van der Waals surface area contributed by atoms with Crippen LogP contribution in [0, 0.1) is 5.92 Å². The van der Waals surface area contributed by atoms with E-state index in [1.165, 1.54) is 34.4 Å². The van der Waals surface area contributed by atoms with Crippen LogP contribution in [0.4, 0.5) is 0 Å². The first-order valence-corrected chi connectivity index (χ1v) is 15.2. The molecule has 0 spiro atoms. The molecule has 4 bridgehead atoms. The van der Waals surface area contributed by atoms with Crippen molar-refractivity contribution in [1.82, 2.24) is 0 Å². The topological polar surface area (TPSA) is 0 Å². The third-order valence-corrected chi connectivity index (χ3v) is 13.9. The van der Waals surface area contributed by atoms with Crippen molar-refractivity contribution in [2.75, 3.05) is 0 Å². The van der Waals surface area contributed by atoms with Crippen molar-refractivity contribution in [3.8, 4) is 0 Å². The van der Waals surface area contributed by atoms with Gasteiger partial charge in [0, 0.05) is 0 Å². The van der Waals surface area contributed by atoms with E-state index in [-0.39, 0.29) is 24.8 Å². The van der Waals surface area contributed by atoms with Crippen molar-refractivity contribution < 1.29 is 48.0 Å². The number of benzene rings is 4. The van der Waals surface area contributed by atoms with Crippen LogP contribution in [-0.2, 0) is 23.2 Å². The predicted molar refractivity (Wildman–Crippen MR) is 137 cm³/mol. The molecule has 1 heterocycles. The monoisotopic (exact) mass is 572 g/mol. The molecular formula is C32H28Cl2Zr. The molecule has 0 aromatic heterocycles. The molecule has 4 aromatic rings. The van der Waals surface area contributed by atoms with Crippen molar-refractivity contribution in [3.63, 3.8) is 0 Å². The first-order valence-electron chi connectivity index (χ1n) is 12.4. The van der Waals surface area contributed by atoms with Gasteiger partial charge in [-0.1, -0.05) is 0 Å². The number of halogens is 2. The molecule has 35 heavy (non-hydrogen) atoms. The van der Waals surface area contributed by atoms with E-state index in [1.807, 2.05) is 0 Å².